The molecule has 0 amide bonds. The number of hydrogen-bond donors (Lipinski definition) is 0. The Morgan fingerprint density at radius 2 is 1.23 bits per heavy atom. The van der Waals surface area contributed by atoms with Crippen molar-refractivity contribution in [3.63, 3.8) is 0 Å². The number of ether oxygens (including phenoxy) is 3. The Morgan fingerprint density at radius 3 is 1.77 bits per heavy atom. The molecule has 5 nitrogen and oxygen atoms in total. The van der Waals surface area contributed by atoms with Crippen LogP contribution in [0.15, 0.2) is 0 Å². The first-order chi connectivity index (χ1) is 12.5. The van der Waals surface area contributed by atoms with Crippen molar-refractivity contribution in [2.45, 2.75) is 85.0 Å². The highest BCUT2D eigenvalue weighted by atomic mass is 16.5. The van der Waals surface area contributed by atoms with Gasteiger partial charge in [0, 0.05) is 26.6 Å². The van der Waals surface area contributed by atoms with Crippen molar-refractivity contribution in [1.29, 1.82) is 0 Å². The van der Waals surface area contributed by atoms with Gasteiger partial charge in [-0.25, -0.2) is 0 Å². The third kappa shape index (κ3) is 17.7. The second kappa shape index (κ2) is 17.3. The van der Waals surface area contributed by atoms with E-state index in [1.807, 2.05) is 13.8 Å². The van der Waals surface area contributed by atoms with E-state index in [2.05, 4.69) is 6.92 Å². The number of methoxy groups -OCH3 is 1. The molecule has 0 aromatic heterocycles. The van der Waals surface area contributed by atoms with Crippen LogP contribution in [-0.4, -0.2) is 38.9 Å². The predicted molar refractivity (Wildman–Crippen MR) is 104 cm³/mol. The zero-order valence-electron chi connectivity index (χ0n) is 17.4. The summed E-state index contributed by atoms with van der Waals surface area (Å²) in [5, 5.41) is 0. The Bertz CT molecular complexity index is 354. The van der Waals surface area contributed by atoms with Crippen LogP contribution in [-0.2, 0) is 23.8 Å². The number of rotatable bonds is 17. The summed E-state index contributed by atoms with van der Waals surface area (Å²) in [6, 6.07) is 0. The van der Waals surface area contributed by atoms with Crippen molar-refractivity contribution < 1.29 is 23.8 Å². The molecular formula is C21H40O5. The SMILES string of the molecule is COCCC(C)CCOC(=O)CCCCCCCCC(=O)OCC(C)C. The molecule has 0 fully saturated rings. The quantitative estimate of drug-likeness (QED) is 0.268. The maximum Gasteiger partial charge on any atom is 0.305 e. The third-order valence-electron chi connectivity index (χ3n) is 4.28. The largest absolute Gasteiger partial charge is 0.466 e. The van der Waals surface area contributed by atoms with Gasteiger partial charge in [0.15, 0.2) is 0 Å². The molecule has 0 aromatic carbocycles. The topological polar surface area (TPSA) is 61.8 Å². The van der Waals surface area contributed by atoms with Crippen molar-refractivity contribution in [3.05, 3.63) is 0 Å². The van der Waals surface area contributed by atoms with Crippen molar-refractivity contribution in [3.8, 4) is 0 Å². The smallest absolute Gasteiger partial charge is 0.305 e. The van der Waals surface area contributed by atoms with Crippen LogP contribution < -0.4 is 0 Å². The van der Waals surface area contributed by atoms with Gasteiger partial charge in [-0.2, -0.15) is 0 Å². The predicted octanol–water partition coefficient (Wildman–Crippen LogP) is 4.91. The highest BCUT2D eigenvalue weighted by molar-refractivity contribution is 5.69. The first kappa shape index (κ1) is 24.9. The zero-order chi connectivity index (χ0) is 19.6. The lowest BCUT2D eigenvalue weighted by molar-refractivity contribution is -0.145. The van der Waals surface area contributed by atoms with E-state index in [-0.39, 0.29) is 11.9 Å². The molecule has 26 heavy (non-hydrogen) atoms. The molecule has 154 valence electrons. The first-order valence-corrected chi connectivity index (χ1v) is 10.3. The van der Waals surface area contributed by atoms with Gasteiger partial charge in [0.1, 0.15) is 0 Å². The lowest BCUT2D eigenvalue weighted by Gasteiger charge is -2.11. The molecule has 0 aromatic rings. The van der Waals surface area contributed by atoms with Crippen LogP contribution in [0, 0.1) is 11.8 Å². The Kier molecular flexibility index (Phi) is 16.6. The van der Waals surface area contributed by atoms with E-state index in [0.29, 0.717) is 37.9 Å². The highest BCUT2D eigenvalue weighted by Crippen LogP contribution is 2.11. The summed E-state index contributed by atoms with van der Waals surface area (Å²) in [4.78, 5) is 23.1. The van der Waals surface area contributed by atoms with Gasteiger partial charge in [-0.15, -0.1) is 0 Å². The number of unbranched alkanes of at least 4 members (excludes halogenated alkanes) is 5. The average Bonchev–Trinajstić information content (AvgIpc) is 2.60. The fourth-order valence-electron chi connectivity index (χ4n) is 2.49. The molecule has 0 N–H and O–H groups in total. The number of carbonyl (C=O) groups excluding carboxylic acids is 2. The second-order valence-corrected chi connectivity index (χ2v) is 7.59. The van der Waals surface area contributed by atoms with Gasteiger partial charge in [0.2, 0.25) is 0 Å². The Morgan fingerprint density at radius 1 is 0.731 bits per heavy atom. The van der Waals surface area contributed by atoms with Crippen LogP contribution in [0.5, 0.6) is 0 Å². The molecule has 0 bridgehead atoms. The summed E-state index contributed by atoms with van der Waals surface area (Å²) in [6.45, 7) is 8.00. The molecule has 1 unspecified atom stereocenters. The van der Waals surface area contributed by atoms with E-state index < -0.39 is 0 Å². The van der Waals surface area contributed by atoms with E-state index >= 15 is 0 Å². The van der Waals surface area contributed by atoms with Gasteiger partial charge in [-0.3, -0.25) is 9.59 Å². The lowest BCUT2D eigenvalue weighted by atomic mass is 10.1. The monoisotopic (exact) mass is 372 g/mol. The molecule has 5 heteroatoms. The number of carbonyl (C=O) groups is 2. The average molecular weight is 373 g/mol. The van der Waals surface area contributed by atoms with Crippen molar-refractivity contribution in [2.75, 3.05) is 26.9 Å². The fourth-order valence-corrected chi connectivity index (χ4v) is 2.49. The van der Waals surface area contributed by atoms with E-state index in [4.69, 9.17) is 14.2 Å². The molecule has 0 aliphatic rings. The van der Waals surface area contributed by atoms with Crippen molar-refractivity contribution >= 4 is 11.9 Å². The summed E-state index contributed by atoms with van der Waals surface area (Å²) in [5.74, 6) is 0.741. The van der Waals surface area contributed by atoms with Crippen LogP contribution in [0.2, 0.25) is 0 Å². The molecule has 0 heterocycles. The van der Waals surface area contributed by atoms with E-state index in [0.717, 1.165) is 58.0 Å². The molecule has 0 saturated carbocycles. The lowest BCUT2D eigenvalue weighted by Crippen LogP contribution is -2.09. The molecule has 0 aliphatic carbocycles. The van der Waals surface area contributed by atoms with Crippen molar-refractivity contribution in [2.24, 2.45) is 11.8 Å². The van der Waals surface area contributed by atoms with E-state index in [9.17, 15) is 9.59 Å². The van der Waals surface area contributed by atoms with Crippen LogP contribution in [0.25, 0.3) is 0 Å². The standard InChI is InChI=1S/C21H40O5/c1-18(2)17-26-21(23)12-10-8-6-5-7-9-11-20(22)25-16-14-19(3)13-15-24-4/h18-19H,5-17H2,1-4H3. The summed E-state index contributed by atoms with van der Waals surface area (Å²) < 4.78 is 15.5. The number of esters is 2. The van der Waals surface area contributed by atoms with E-state index in [1.54, 1.807) is 7.11 Å². The summed E-state index contributed by atoms with van der Waals surface area (Å²) >= 11 is 0. The second-order valence-electron chi connectivity index (χ2n) is 7.59. The first-order valence-electron chi connectivity index (χ1n) is 10.3. The van der Waals surface area contributed by atoms with Gasteiger partial charge in [-0.1, -0.05) is 46.5 Å². The van der Waals surface area contributed by atoms with Gasteiger partial charge < -0.3 is 14.2 Å². The normalized spacial score (nSPS) is 12.2. The van der Waals surface area contributed by atoms with Crippen LogP contribution in [0.4, 0.5) is 0 Å². The minimum absolute atomic E-state index is 0.0852. The highest BCUT2D eigenvalue weighted by Gasteiger charge is 2.06. The van der Waals surface area contributed by atoms with Crippen LogP contribution in [0.1, 0.15) is 85.0 Å². The minimum Gasteiger partial charge on any atom is -0.466 e. The molecule has 0 aliphatic heterocycles. The molecule has 0 radical (unpaired) electrons. The molecule has 1 atom stereocenters. The zero-order valence-corrected chi connectivity index (χ0v) is 17.4. The fraction of sp³-hybridized carbons (Fsp3) is 0.905. The van der Waals surface area contributed by atoms with Gasteiger partial charge >= 0.3 is 11.9 Å². The minimum atomic E-state index is -0.0863. The van der Waals surface area contributed by atoms with E-state index in [1.165, 1.54) is 0 Å². The van der Waals surface area contributed by atoms with Gasteiger partial charge in [0.05, 0.1) is 13.2 Å². The summed E-state index contributed by atoms with van der Waals surface area (Å²) in [6.07, 6.45) is 8.98. The molecule has 0 rings (SSSR count). The maximum atomic E-state index is 11.7. The molecular weight excluding hydrogens is 332 g/mol. The summed E-state index contributed by atoms with van der Waals surface area (Å²) in [5.41, 5.74) is 0. The maximum absolute atomic E-state index is 11.7. The number of hydrogen-bond acceptors (Lipinski definition) is 5. The van der Waals surface area contributed by atoms with Gasteiger partial charge in [-0.05, 0) is 37.5 Å². The van der Waals surface area contributed by atoms with Crippen LogP contribution in [0.3, 0.4) is 0 Å². The Hall–Kier alpha value is -1.10. The van der Waals surface area contributed by atoms with Crippen LogP contribution >= 0.6 is 0 Å². The Labute approximate surface area is 160 Å². The van der Waals surface area contributed by atoms with Gasteiger partial charge in [0.25, 0.3) is 0 Å². The molecule has 0 spiro atoms. The van der Waals surface area contributed by atoms with Crippen molar-refractivity contribution in [1.82, 2.24) is 0 Å². The molecule has 0 saturated heterocycles. The third-order valence-corrected chi connectivity index (χ3v) is 4.28. The summed E-state index contributed by atoms with van der Waals surface area (Å²) in [7, 11) is 1.70. The Balaban J connectivity index is 3.36.